The Morgan fingerprint density at radius 1 is 1.15 bits per heavy atom. The Morgan fingerprint density at radius 2 is 1.70 bits per heavy atom. The minimum atomic E-state index is -3.09. The Bertz CT molecular complexity index is 1030. The Kier molecular flexibility index (Phi) is 23.5. The molecule has 2 aliphatic rings. The van der Waals surface area contributed by atoms with Gasteiger partial charge in [0.15, 0.2) is 0 Å². The maximum absolute atomic E-state index is 11.9. The van der Waals surface area contributed by atoms with Crippen LogP contribution in [-0.2, 0) is 10.0 Å². The fraction of sp³-hybridized carbons (Fsp3) is 0.545. The third-order valence-corrected chi connectivity index (χ3v) is 8.17. The number of benzene rings is 1. The molecule has 228 valence electrons. The van der Waals surface area contributed by atoms with E-state index >= 15 is 0 Å². The second-order valence-corrected chi connectivity index (χ2v) is 11.5. The lowest BCUT2D eigenvalue weighted by Crippen LogP contribution is -2.39. The molecule has 1 atom stereocenters. The zero-order valence-electron chi connectivity index (χ0n) is 26.4. The first kappa shape index (κ1) is 40.0. The Hall–Kier alpha value is -2.15. The third-order valence-electron chi connectivity index (χ3n) is 6.64. The zero-order valence-corrected chi connectivity index (χ0v) is 28.0. The highest BCUT2D eigenvalue weighted by atomic mass is 35.5. The van der Waals surface area contributed by atoms with Crippen LogP contribution in [0.25, 0.3) is 6.08 Å². The number of rotatable bonds is 6. The number of sulfonamides is 1. The Balaban J connectivity index is 0. The number of fused-ring (bicyclic) bond motifs is 1. The number of hydrogen-bond acceptors (Lipinski definition) is 4. The number of nitrogens with zero attached hydrogens (tertiary/aromatic N) is 2. The van der Waals surface area contributed by atoms with Crippen LogP contribution < -0.4 is 5.73 Å². The lowest BCUT2D eigenvalue weighted by molar-refractivity contribution is 0.243. The summed E-state index contributed by atoms with van der Waals surface area (Å²) >= 11 is 6.34. The number of aliphatic imine (C=N–C) groups is 1. The van der Waals surface area contributed by atoms with Gasteiger partial charge < -0.3 is 5.73 Å². The van der Waals surface area contributed by atoms with E-state index in [1.54, 1.807) is 10.4 Å². The van der Waals surface area contributed by atoms with Gasteiger partial charge in [-0.15, -0.1) is 0 Å². The fourth-order valence-electron chi connectivity index (χ4n) is 4.70. The number of unbranched alkanes of at least 4 members (excludes halogenated alkanes) is 1. The molecule has 1 aliphatic heterocycles. The molecule has 0 radical (unpaired) electrons. The van der Waals surface area contributed by atoms with E-state index in [2.05, 4.69) is 56.4 Å². The molecule has 0 saturated carbocycles. The van der Waals surface area contributed by atoms with Gasteiger partial charge in [0, 0.05) is 24.3 Å². The van der Waals surface area contributed by atoms with Crippen molar-refractivity contribution >= 4 is 34.4 Å². The third kappa shape index (κ3) is 14.5. The summed E-state index contributed by atoms with van der Waals surface area (Å²) in [6.45, 7) is 21.9. The number of piperidine rings is 1. The number of hydrogen-bond donors (Lipinski definition) is 1. The lowest BCUT2D eigenvalue weighted by atomic mass is 9.76. The highest BCUT2D eigenvalue weighted by Crippen LogP contribution is 2.44. The summed E-state index contributed by atoms with van der Waals surface area (Å²) in [6.07, 6.45) is 16.9. The van der Waals surface area contributed by atoms with Crippen molar-refractivity contribution in [2.75, 3.05) is 19.3 Å². The van der Waals surface area contributed by atoms with Crippen LogP contribution in [-0.4, -0.2) is 38.8 Å². The molecule has 1 aliphatic carbocycles. The second-order valence-electron chi connectivity index (χ2n) is 9.06. The largest absolute Gasteiger partial charge is 0.405 e. The minimum absolute atomic E-state index is 0.413. The van der Waals surface area contributed by atoms with Crippen molar-refractivity contribution in [1.82, 2.24) is 4.31 Å². The molecule has 1 unspecified atom stereocenters. The quantitative estimate of drug-likeness (QED) is 0.334. The molecule has 3 rings (SSSR count). The molecule has 0 spiro atoms. The molecule has 1 heterocycles. The van der Waals surface area contributed by atoms with Gasteiger partial charge in [0.1, 0.15) is 0 Å². The van der Waals surface area contributed by atoms with Gasteiger partial charge in [-0.2, -0.15) is 0 Å². The first-order chi connectivity index (χ1) is 19.2. The molecule has 5 nitrogen and oxygen atoms in total. The highest BCUT2D eigenvalue weighted by Gasteiger charge is 2.33. The number of allylic oxidation sites excluding steroid dienone is 4. The van der Waals surface area contributed by atoms with E-state index in [0.29, 0.717) is 24.9 Å². The Labute approximate surface area is 252 Å². The summed E-state index contributed by atoms with van der Waals surface area (Å²) in [6, 6.07) is 6.29. The second kappa shape index (κ2) is 23.5. The van der Waals surface area contributed by atoms with Crippen LogP contribution in [0, 0.1) is 5.92 Å². The van der Waals surface area contributed by atoms with E-state index in [9.17, 15) is 8.42 Å². The summed E-state index contributed by atoms with van der Waals surface area (Å²) in [5.41, 5.74) is 10.3. The lowest BCUT2D eigenvalue weighted by Gasteiger charge is -2.35. The predicted molar refractivity (Wildman–Crippen MR) is 181 cm³/mol. The summed E-state index contributed by atoms with van der Waals surface area (Å²) in [7, 11) is -3.09. The molecule has 0 amide bonds. The molecule has 1 aromatic rings. The van der Waals surface area contributed by atoms with Crippen LogP contribution in [0.4, 0.5) is 0 Å². The van der Waals surface area contributed by atoms with Crippen molar-refractivity contribution in [2.24, 2.45) is 16.6 Å². The zero-order chi connectivity index (χ0) is 31.1. The monoisotopic (exact) mass is 593 g/mol. The first-order valence-corrected chi connectivity index (χ1v) is 16.9. The van der Waals surface area contributed by atoms with Crippen LogP contribution in [0.2, 0.25) is 5.02 Å². The van der Waals surface area contributed by atoms with E-state index in [-0.39, 0.29) is 0 Å². The maximum Gasteiger partial charge on any atom is 0.211 e. The standard InChI is InChI=1S/C23H32ClNO2S.C3H5N.C3H7N.2C2H6/c1-4-6-7-19-14-20-15-21(24)8-9-22(20)23(16-17(19)5-2)18-10-12-25(13-11-18)28(3,26)27;1-3-4-2;1-2-3-4;2*1-2/h5,8-9,14-15,18,23H,4,6-7,10-13,16H2,1-3H3;3H,1-2H2;2-3H,4H2,1H3;2*1-2H3/b17-5+;;3-2-;;. The van der Waals surface area contributed by atoms with Crippen molar-refractivity contribution in [2.45, 2.75) is 92.9 Å². The van der Waals surface area contributed by atoms with E-state index in [1.807, 2.05) is 40.7 Å². The van der Waals surface area contributed by atoms with Crippen LogP contribution >= 0.6 is 11.6 Å². The minimum Gasteiger partial charge on any atom is -0.405 e. The molecule has 40 heavy (non-hydrogen) atoms. The van der Waals surface area contributed by atoms with Crippen molar-refractivity contribution in [3.63, 3.8) is 0 Å². The van der Waals surface area contributed by atoms with Crippen molar-refractivity contribution in [3.05, 3.63) is 76.6 Å². The van der Waals surface area contributed by atoms with Gasteiger partial charge in [0.2, 0.25) is 10.0 Å². The van der Waals surface area contributed by atoms with E-state index in [0.717, 1.165) is 30.7 Å². The van der Waals surface area contributed by atoms with Gasteiger partial charge in [0.05, 0.1) is 6.26 Å². The molecule has 0 bridgehead atoms. The van der Waals surface area contributed by atoms with Crippen LogP contribution in [0.5, 0.6) is 0 Å². The van der Waals surface area contributed by atoms with Crippen LogP contribution in [0.3, 0.4) is 0 Å². The van der Waals surface area contributed by atoms with Gasteiger partial charge in [-0.05, 0) is 105 Å². The van der Waals surface area contributed by atoms with E-state index in [1.165, 1.54) is 53.8 Å². The molecule has 1 saturated heterocycles. The summed E-state index contributed by atoms with van der Waals surface area (Å²) < 4.78 is 25.4. The molecule has 7 heteroatoms. The SMILES string of the molecule is C/C=C1\CC(C2CCN(S(C)(=O)=O)CC2)c2ccc(Cl)cc2C=C1CCCC.C/C=C\N.C=CN=C.CC.CC. The van der Waals surface area contributed by atoms with Crippen molar-refractivity contribution < 1.29 is 8.42 Å². The van der Waals surface area contributed by atoms with Gasteiger partial charge in [-0.1, -0.05) is 83.5 Å². The average molecular weight is 594 g/mol. The first-order valence-electron chi connectivity index (χ1n) is 14.7. The number of nitrogens with two attached hydrogens (primary N) is 1. The fourth-order valence-corrected chi connectivity index (χ4v) is 5.75. The molecule has 2 N–H and O–H groups in total. The van der Waals surface area contributed by atoms with E-state index < -0.39 is 10.0 Å². The molecule has 0 aromatic heterocycles. The molecule has 1 aromatic carbocycles. The molecular weight excluding hydrogens is 538 g/mol. The van der Waals surface area contributed by atoms with Crippen molar-refractivity contribution in [1.29, 1.82) is 0 Å². The smallest absolute Gasteiger partial charge is 0.211 e. The summed E-state index contributed by atoms with van der Waals surface area (Å²) in [5.74, 6) is 0.905. The van der Waals surface area contributed by atoms with Gasteiger partial charge in [-0.3, -0.25) is 4.99 Å². The van der Waals surface area contributed by atoms with E-state index in [4.69, 9.17) is 17.3 Å². The number of halogens is 1. The maximum atomic E-state index is 11.9. The highest BCUT2D eigenvalue weighted by molar-refractivity contribution is 7.88. The van der Waals surface area contributed by atoms with Gasteiger partial charge in [0.25, 0.3) is 0 Å². The average Bonchev–Trinajstić information content (AvgIpc) is 3.14. The normalized spacial score (nSPS) is 18.1. The van der Waals surface area contributed by atoms with Gasteiger partial charge >= 0.3 is 0 Å². The molecular formula is C33H56ClN3O2S. The summed E-state index contributed by atoms with van der Waals surface area (Å²) in [5, 5.41) is 0.777. The predicted octanol–water partition coefficient (Wildman–Crippen LogP) is 9.38. The molecule has 1 fully saturated rings. The van der Waals surface area contributed by atoms with Gasteiger partial charge in [-0.25, -0.2) is 12.7 Å². The van der Waals surface area contributed by atoms with Crippen LogP contribution in [0.15, 0.2) is 65.5 Å². The van der Waals surface area contributed by atoms with Crippen LogP contribution in [0.1, 0.15) is 104 Å². The topological polar surface area (TPSA) is 75.8 Å². The summed E-state index contributed by atoms with van der Waals surface area (Å²) in [4.78, 5) is 3.25. The Morgan fingerprint density at radius 3 is 2.12 bits per heavy atom. The van der Waals surface area contributed by atoms with Crippen molar-refractivity contribution in [3.8, 4) is 0 Å².